The number of furan rings is 1. The molecule has 1 aliphatic heterocycles. The van der Waals surface area contributed by atoms with E-state index in [2.05, 4.69) is 0 Å². The van der Waals surface area contributed by atoms with Gasteiger partial charge in [0.15, 0.2) is 0 Å². The van der Waals surface area contributed by atoms with E-state index in [1.165, 1.54) is 24.2 Å². The van der Waals surface area contributed by atoms with Crippen molar-refractivity contribution >= 4 is 46.3 Å². The molecule has 0 radical (unpaired) electrons. The first-order valence-corrected chi connectivity index (χ1v) is 10.5. The third-order valence-corrected chi connectivity index (χ3v) is 6.39. The van der Waals surface area contributed by atoms with E-state index in [0.29, 0.717) is 26.3 Å². The van der Waals surface area contributed by atoms with E-state index in [1.54, 1.807) is 41.3 Å². The Bertz CT molecular complexity index is 972. The highest BCUT2D eigenvalue weighted by Crippen LogP contribution is 2.37. The lowest BCUT2D eigenvalue weighted by molar-refractivity contribution is -0.124. The highest BCUT2D eigenvalue weighted by atomic mass is 32.2. The summed E-state index contributed by atoms with van der Waals surface area (Å²) in [5.41, 5.74) is 0.873. The van der Waals surface area contributed by atoms with E-state index < -0.39 is 5.97 Å². The number of thiocarbonyl (C=S) groups is 1. The van der Waals surface area contributed by atoms with Gasteiger partial charge in [0.2, 0.25) is 0 Å². The largest absolute Gasteiger partial charge is 0.478 e. The maximum atomic E-state index is 12.9. The van der Waals surface area contributed by atoms with Crippen molar-refractivity contribution < 1.29 is 19.1 Å². The van der Waals surface area contributed by atoms with E-state index in [0.717, 1.165) is 25.7 Å². The fourth-order valence-corrected chi connectivity index (χ4v) is 5.03. The van der Waals surface area contributed by atoms with E-state index in [9.17, 15) is 9.59 Å². The summed E-state index contributed by atoms with van der Waals surface area (Å²) in [6.45, 7) is 0. The zero-order chi connectivity index (χ0) is 19.7. The number of hydrogen-bond donors (Lipinski definition) is 1. The minimum atomic E-state index is -0.986. The molecular formula is C21H19NO4S2. The third-order valence-electron chi connectivity index (χ3n) is 5.06. The normalized spacial score (nSPS) is 19.6. The van der Waals surface area contributed by atoms with Crippen molar-refractivity contribution in [2.75, 3.05) is 0 Å². The molecule has 0 atom stereocenters. The Balaban J connectivity index is 1.55. The zero-order valence-corrected chi connectivity index (χ0v) is 16.7. The van der Waals surface area contributed by atoms with Gasteiger partial charge in [-0.2, -0.15) is 0 Å². The average molecular weight is 414 g/mol. The second-order valence-electron chi connectivity index (χ2n) is 6.93. The first-order valence-electron chi connectivity index (χ1n) is 9.23. The van der Waals surface area contributed by atoms with Crippen LogP contribution in [0.15, 0.2) is 45.7 Å². The number of amides is 1. The van der Waals surface area contributed by atoms with Gasteiger partial charge in [-0.05, 0) is 37.1 Å². The maximum absolute atomic E-state index is 12.9. The Morgan fingerprint density at radius 3 is 2.75 bits per heavy atom. The van der Waals surface area contributed by atoms with Crippen LogP contribution < -0.4 is 0 Å². The highest BCUT2D eigenvalue weighted by molar-refractivity contribution is 8.26. The number of carboxylic acid groups (broad SMARTS) is 1. The second-order valence-corrected chi connectivity index (χ2v) is 8.61. The van der Waals surface area contributed by atoms with Crippen LogP contribution in [0, 0.1) is 0 Å². The Kier molecular flexibility index (Phi) is 5.37. The third kappa shape index (κ3) is 3.77. The average Bonchev–Trinajstić information content (AvgIpc) is 3.27. The minimum Gasteiger partial charge on any atom is -0.478 e. The van der Waals surface area contributed by atoms with Gasteiger partial charge in [-0.1, -0.05) is 55.4 Å². The van der Waals surface area contributed by atoms with E-state index >= 15 is 0 Å². The van der Waals surface area contributed by atoms with Gasteiger partial charge in [0.25, 0.3) is 5.91 Å². The molecule has 1 amide bonds. The van der Waals surface area contributed by atoms with Crippen LogP contribution in [0.3, 0.4) is 0 Å². The van der Waals surface area contributed by atoms with E-state index in [-0.39, 0.29) is 17.5 Å². The molecule has 28 heavy (non-hydrogen) atoms. The van der Waals surface area contributed by atoms with E-state index in [1.807, 2.05) is 0 Å². The number of carbonyl (C=O) groups excluding carboxylic acids is 1. The van der Waals surface area contributed by atoms with Crippen molar-refractivity contribution in [2.45, 2.75) is 38.1 Å². The number of carbonyl (C=O) groups is 2. The van der Waals surface area contributed by atoms with Crippen molar-refractivity contribution in [2.24, 2.45) is 0 Å². The number of benzene rings is 1. The summed E-state index contributed by atoms with van der Waals surface area (Å²) in [4.78, 5) is 26.3. The van der Waals surface area contributed by atoms with Crippen LogP contribution in [0.1, 0.15) is 48.2 Å². The van der Waals surface area contributed by atoms with Crippen LogP contribution in [0.5, 0.6) is 0 Å². The molecule has 2 aliphatic rings. The lowest BCUT2D eigenvalue weighted by atomic mass is 9.94. The van der Waals surface area contributed by atoms with Gasteiger partial charge in [0, 0.05) is 17.7 Å². The molecule has 0 unspecified atom stereocenters. The fraction of sp³-hybridized carbons (Fsp3) is 0.286. The number of hydrogen-bond acceptors (Lipinski definition) is 5. The molecule has 2 fully saturated rings. The minimum absolute atomic E-state index is 0.0484. The number of carboxylic acids is 1. The van der Waals surface area contributed by atoms with Crippen LogP contribution in [0.25, 0.3) is 17.4 Å². The molecule has 2 aromatic rings. The van der Waals surface area contributed by atoms with Gasteiger partial charge >= 0.3 is 5.97 Å². The molecule has 144 valence electrons. The molecule has 1 aromatic carbocycles. The second kappa shape index (κ2) is 7.93. The predicted molar refractivity (Wildman–Crippen MR) is 113 cm³/mol. The van der Waals surface area contributed by atoms with Crippen LogP contribution in [-0.4, -0.2) is 32.2 Å². The maximum Gasteiger partial charge on any atom is 0.335 e. The zero-order valence-electron chi connectivity index (χ0n) is 15.1. The number of nitrogens with zero attached hydrogens (tertiary/aromatic N) is 1. The molecule has 5 nitrogen and oxygen atoms in total. The first kappa shape index (κ1) is 19.0. The first-order chi connectivity index (χ1) is 13.5. The molecule has 7 heteroatoms. The van der Waals surface area contributed by atoms with Gasteiger partial charge in [0.1, 0.15) is 15.8 Å². The Morgan fingerprint density at radius 2 is 2.00 bits per heavy atom. The van der Waals surface area contributed by atoms with Gasteiger partial charge in [0.05, 0.1) is 10.5 Å². The summed E-state index contributed by atoms with van der Waals surface area (Å²) >= 11 is 6.77. The van der Waals surface area contributed by atoms with Crippen molar-refractivity contribution in [1.29, 1.82) is 0 Å². The SMILES string of the molecule is O=C(O)c1cccc(-c2ccc(/C=C3/SC(=S)N(C4CCCCC4)C3=O)o2)c1. The van der Waals surface area contributed by atoms with Crippen molar-refractivity contribution in [1.82, 2.24) is 4.90 Å². The Hall–Kier alpha value is -2.38. The summed E-state index contributed by atoms with van der Waals surface area (Å²) in [6.07, 6.45) is 7.22. The lowest BCUT2D eigenvalue weighted by Crippen LogP contribution is -2.39. The summed E-state index contributed by atoms with van der Waals surface area (Å²) in [5, 5.41) is 9.14. The quantitative estimate of drug-likeness (QED) is 0.550. The lowest BCUT2D eigenvalue weighted by Gasteiger charge is -2.29. The van der Waals surface area contributed by atoms with Crippen molar-refractivity contribution in [3.05, 3.63) is 52.6 Å². The van der Waals surface area contributed by atoms with Gasteiger partial charge in [-0.25, -0.2) is 4.79 Å². The Morgan fingerprint density at radius 1 is 1.21 bits per heavy atom. The highest BCUT2D eigenvalue weighted by Gasteiger charge is 2.37. The standard InChI is InChI=1S/C21H19NO4S2/c23-19-18(28-21(27)22(19)15-7-2-1-3-8-15)12-16-9-10-17(26-16)13-5-4-6-14(11-13)20(24)25/h4-6,9-12,15H,1-3,7-8H2,(H,24,25)/b18-12+. The molecule has 1 saturated carbocycles. The number of rotatable bonds is 4. The van der Waals surface area contributed by atoms with Gasteiger partial charge < -0.3 is 9.52 Å². The van der Waals surface area contributed by atoms with Crippen LogP contribution in [-0.2, 0) is 4.79 Å². The van der Waals surface area contributed by atoms with Gasteiger partial charge in [-0.15, -0.1) is 0 Å². The summed E-state index contributed by atoms with van der Waals surface area (Å²) in [6, 6.07) is 10.3. The molecule has 4 rings (SSSR count). The molecule has 1 aromatic heterocycles. The molecule has 1 saturated heterocycles. The fourth-order valence-electron chi connectivity index (χ4n) is 3.65. The molecule has 1 aliphatic carbocycles. The topological polar surface area (TPSA) is 70.8 Å². The van der Waals surface area contributed by atoms with Crippen molar-refractivity contribution in [3.8, 4) is 11.3 Å². The monoisotopic (exact) mass is 413 g/mol. The smallest absolute Gasteiger partial charge is 0.335 e. The van der Waals surface area contributed by atoms with E-state index in [4.69, 9.17) is 21.7 Å². The summed E-state index contributed by atoms with van der Waals surface area (Å²) in [7, 11) is 0. The number of thioether (sulfide) groups is 1. The van der Waals surface area contributed by atoms with Crippen LogP contribution >= 0.6 is 24.0 Å². The molecule has 2 heterocycles. The molecule has 1 N–H and O–H groups in total. The Labute approximate surface area is 172 Å². The summed E-state index contributed by atoms with van der Waals surface area (Å²) < 4.78 is 6.45. The molecule has 0 spiro atoms. The summed E-state index contributed by atoms with van der Waals surface area (Å²) in [5.74, 6) is 0.0599. The predicted octanol–water partition coefficient (Wildman–Crippen LogP) is 5.18. The van der Waals surface area contributed by atoms with Crippen LogP contribution in [0.4, 0.5) is 0 Å². The number of aromatic carboxylic acids is 1. The van der Waals surface area contributed by atoms with Crippen molar-refractivity contribution in [3.63, 3.8) is 0 Å². The molecule has 0 bridgehead atoms. The van der Waals surface area contributed by atoms with Crippen LogP contribution in [0.2, 0.25) is 0 Å². The molecular weight excluding hydrogens is 394 g/mol. The van der Waals surface area contributed by atoms with Gasteiger partial charge in [-0.3, -0.25) is 9.69 Å².